The highest BCUT2D eigenvalue weighted by atomic mass is 35.5. The molecule has 5 rings (SSSR count). The van der Waals surface area contributed by atoms with Crippen molar-refractivity contribution < 1.29 is 9.21 Å². The standard InChI is InChI=1S/C26H20ClNO3/c1-16-7-9-18(10-8-16)23-22-24(29)20-15-19(27)11-12-21(20)31-25(22)26(30)28(23)14-13-17-5-3-2-4-6-17/h2-12,15,23H,13-14H2,1H3/t23-/m0/s1. The molecule has 0 unspecified atom stereocenters. The van der Waals surface area contributed by atoms with Crippen molar-refractivity contribution in [3.8, 4) is 0 Å². The zero-order valence-corrected chi connectivity index (χ0v) is 17.7. The molecule has 0 fully saturated rings. The monoisotopic (exact) mass is 429 g/mol. The average molecular weight is 430 g/mol. The third-order valence-electron chi connectivity index (χ3n) is 5.81. The molecule has 4 aromatic rings. The second-order valence-electron chi connectivity index (χ2n) is 7.86. The van der Waals surface area contributed by atoms with Gasteiger partial charge < -0.3 is 9.32 Å². The predicted octanol–water partition coefficient (Wildman–Crippen LogP) is 5.54. The van der Waals surface area contributed by atoms with Crippen molar-refractivity contribution in [1.29, 1.82) is 0 Å². The van der Waals surface area contributed by atoms with E-state index in [9.17, 15) is 9.59 Å². The molecule has 1 aliphatic rings. The highest BCUT2D eigenvalue weighted by Crippen LogP contribution is 2.38. The summed E-state index contributed by atoms with van der Waals surface area (Å²) in [5.74, 6) is -0.135. The molecular formula is C26H20ClNO3. The van der Waals surface area contributed by atoms with Gasteiger partial charge in [0.2, 0.25) is 5.76 Å². The van der Waals surface area contributed by atoms with Gasteiger partial charge in [-0.05, 0) is 42.7 Å². The molecule has 31 heavy (non-hydrogen) atoms. The molecule has 1 aromatic heterocycles. The van der Waals surface area contributed by atoms with Gasteiger partial charge in [-0.1, -0.05) is 71.8 Å². The Kier molecular flexibility index (Phi) is 4.87. The van der Waals surface area contributed by atoms with Gasteiger partial charge in [-0.15, -0.1) is 0 Å². The van der Waals surface area contributed by atoms with E-state index in [4.69, 9.17) is 16.0 Å². The zero-order valence-electron chi connectivity index (χ0n) is 17.0. The number of carbonyl (C=O) groups is 1. The van der Waals surface area contributed by atoms with E-state index in [0.717, 1.165) is 16.7 Å². The minimum absolute atomic E-state index is 0.124. The first-order chi connectivity index (χ1) is 15.0. The summed E-state index contributed by atoms with van der Waals surface area (Å²) in [5.41, 5.74) is 3.68. The van der Waals surface area contributed by atoms with Crippen LogP contribution >= 0.6 is 11.6 Å². The second kappa shape index (κ2) is 7.71. The summed E-state index contributed by atoms with van der Waals surface area (Å²) >= 11 is 6.13. The van der Waals surface area contributed by atoms with Crippen molar-refractivity contribution in [2.45, 2.75) is 19.4 Å². The minimum Gasteiger partial charge on any atom is -0.450 e. The fourth-order valence-electron chi connectivity index (χ4n) is 4.21. The number of carbonyl (C=O) groups excluding carboxylic acids is 1. The first-order valence-electron chi connectivity index (χ1n) is 10.2. The molecule has 154 valence electrons. The largest absolute Gasteiger partial charge is 0.450 e. The summed E-state index contributed by atoms with van der Waals surface area (Å²) in [4.78, 5) is 28.6. The van der Waals surface area contributed by atoms with Crippen LogP contribution in [0.25, 0.3) is 11.0 Å². The lowest BCUT2D eigenvalue weighted by Gasteiger charge is -2.25. The molecule has 0 bridgehead atoms. The number of rotatable bonds is 4. The van der Waals surface area contributed by atoms with Gasteiger partial charge in [0.15, 0.2) is 5.43 Å². The number of aryl methyl sites for hydroxylation is 1. The SMILES string of the molecule is Cc1ccc([C@H]2c3c(oc4ccc(Cl)cc4c3=O)C(=O)N2CCc2ccccc2)cc1. The van der Waals surface area contributed by atoms with Gasteiger partial charge in [0.05, 0.1) is 17.0 Å². The lowest BCUT2D eigenvalue weighted by molar-refractivity contribution is 0.0730. The molecule has 3 aromatic carbocycles. The number of hydrogen-bond donors (Lipinski definition) is 0. The maximum atomic E-state index is 13.5. The number of fused-ring (bicyclic) bond motifs is 2. The summed E-state index contributed by atoms with van der Waals surface area (Å²) in [7, 11) is 0. The maximum Gasteiger partial charge on any atom is 0.290 e. The van der Waals surface area contributed by atoms with E-state index in [-0.39, 0.29) is 17.1 Å². The van der Waals surface area contributed by atoms with Gasteiger partial charge in [0, 0.05) is 11.6 Å². The van der Waals surface area contributed by atoms with E-state index in [0.29, 0.717) is 34.5 Å². The van der Waals surface area contributed by atoms with Crippen LogP contribution in [-0.4, -0.2) is 17.4 Å². The summed E-state index contributed by atoms with van der Waals surface area (Å²) in [5, 5.41) is 0.845. The predicted molar refractivity (Wildman–Crippen MR) is 122 cm³/mol. The van der Waals surface area contributed by atoms with Crippen LogP contribution < -0.4 is 5.43 Å². The number of nitrogens with zero attached hydrogens (tertiary/aromatic N) is 1. The van der Waals surface area contributed by atoms with Crippen molar-refractivity contribution in [3.05, 3.63) is 116 Å². The Bertz CT molecular complexity index is 1340. The number of amides is 1. The van der Waals surface area contributed by atoms with Crippen LogP contribution in [0.15, 0.2) is 82.0 Å². The van der Waals surface area contributed by atoms with E-state index in [1.807, 2.05) is 61.5 Å². The summed E-state index contributed by atoms with van der Waals surface area (Å²) in [6, 6.07) is 22.3. The number of hydrogen-bond acceptors (Lipinski definition) is 3. The quantitative estimate of drug-likeness (QED) is 0.427. The molecule has 1 atom stereocenters. The van der Waals surface area contributed by atoms with Crippen LogP contribution in [0.3, 0.4) is 0 Å². The van der Waals surface area contributed by atoms with Crippen molar-refractivity contribution in [2.24, 2.45) is 0 Å². The van der Waals surface area contributed by atoms with Crippen molar-refractivity contribution in [3.63, 3.8) is 0 Å². The van der Waals surface area contributed by atoms with Crippen LogP contribution in [0, 0.1) is 6.92 Å². The van der Waals surface area contributed by atoms with Crippen molar-refractivity contribution >= 4 is 28.5 Å². The van der Waals surface area contributed by atoms with E-state index < -0.39 is 6.04 Å². The smallest absolute Gasteiger partial charge is 0.290 e. The zero-order chi connectivity index (χ0) is 21.5. The van der Waals surface area contributed by atoms with Gasteiger partial charge in [-0.2, -0.15) is 0 Å². The topological polar surface area (TPSA) is 50.5 Å². The second-order valence-corrected chi connectivity index (χ2v) is 8.30. The van der Waals surface area contributed by atoms with Gasteiger partial charge in [0.1, 0.15) is 5.58 Å². The lowest BCUT2D eigenvalue weighted by atomic mass is 9.97. The third kappa shape index (κ3) is 3.43. The molecular weight excluding hydrogens is 410 g/mol. The maximum absolute atomic E-state index is 13.5. The van der Waals surface area contributed by atoms with Crippen molar-refractivity contribution in [1.82, 2.24) is 4.90 Å². The van der Waals surface area contributed by atoms with E-state index >= 15 is 0 Å². The van der Waals surface area contributed by atoms with E-state index in [1.54, 1.807) is 23.1 Å². The Balaban J connectivity index is 1.66. The summed E-state index contributed by atoms with van der Waals surface area (Å²) in [6.07, 6.45) is 0.683. The Morgan fingerprint density at radius 2 is 1.71 bits per heavy atom. The molecule has 5 heteroatoms. The van der Waals surface area contributed by atoms with Crippen LogP contribution in [0.5, 0.6) is 0 Å². The third-order valence-corrected chi connectivity index (χ3v) is 6.04. The lowest BCUT2D eigenvalue weighted by Crippen LogP contribution is -2.31. The highest BCUT2D eigenvalue weighted by Gasteiger charge is 2.42. The van der Waals surface area contributed by atoms with E-state index in [1.165, 1.54) is 0 Å². The first-order valence-corrected chi connectivity index (χ1v) is 10.6. The summed E-state index contributed by atoms with van der Waals surface area (Å²) in [6.45, 7) is 2.48. The number of halogens is 1. The van der Waals surface area contributed by atoms with E-state index in [2.05, 4.69) is 0 Å². The highest BCUT2D eigenvalue weighted by molar-refractivity contribution is 6.31. The van der Waals surface area contributed by atoms with Crippen LogP contribution in [0.1, 0.15) is 38.9 Å². The fourth-order valence-corrected chi connectivity index (χ4v) is 4.38. The average Bonchev–Trinajstić information content (AvgIpc) is 3.06. The molecule has 1 amide bonds. The molecule has 1 aliphatic heterocycles. The van der Waals surface area contributed by atoms with Gasteiger partial charge in [-0.3, -0.25) is 9.59 Å². The first kappa shape index (κ1) is 19.6. The molecule has 0 aliphatic carbocycles. The Morgan fingerprint density at radius 1 is 0.968 bits per heavy atom. The number of benzene rings is 3. The molecule has 0 spiro atoms. The molecule has 4 nitrogen and oxygen atoms in total. The molecule has 0 N–H and O–H groups in total. The van der Waals surface area contributed by atoms with Gasteiger partial charge in [0.25, 0.3) is 5.91 Å². The molecule has 2 heterocycles. The Labute approximate surface area is 184 Å². The Morgan fingerprint density at radius 3 is 2.45 bits per heavy atom. The molecule has 0 saturated heterocycles. The van der Waals surface area contributed by atoms with Crippen molar-refractivity contribution in [2.75, 3.05) is 6.54 Å². The molecule has 0 saturated carbocycles. The van der Waals surface area contributed by atoms with Gasteiger partial charge in [-0.25, -0.2) is 0 Å². The van der Waals surface area contributed by atoms with Crippen LogP contribution in [-0.2, 0) is 6.42 Å². The normalized spacial score (nSPS) is 15.5. The summed E-state index contributed by atoms with van der Waals surface area (Å²) < 4.78 is 5.96. The van der Waals surface area contributed by atoms with Gasteiger partial charge >= 0.3 is 0 Å². The Hall–Kier alpha value is -3.37. The molecule has 0 radical (unpaired) electrons. The minimum atomic E-state index is -0.494. The van der Waals surface area contributed by atoms with Crippen LogP contribution in [0.4, 0.5) is 0 Å². The fraction of sp³-hybridized carbons (Fsp3) is 0.154. The van der Waals surface area contributed by atoms with Crippen LogP contribution in [0.2, 0.25) is 5.02 Å².